The molecule has 0 N–H and O–H groups in total. The minimum absolute atomic E-state index is 0.00959. The molecule has 0 spiro atoms. The van der Waals surface area contributed by atoms with Crippen molar-refractivity contribution in [3.05, 3.63) is 68.8 Å². The van der Waals surface area contributed by atoms with Gasteiger partial charge >= 0.3 is 0 Å². The van der Waals surface area contributed by atoms with Gasteiger partial charge in [-0.15, -0.1) is 0 Å². The van der Waals surface area contributed by atoms with Crippen LogP contribution in [0.25, 0.3) is 0 Å². The largest absolute Gasteiger partial charge is 0.380 e. The highest BCUT2D eigenvalue weighted by Crippen LogP contribution is 2.16. The van der Waals surface area contributed by atoms with E-state index < -0.39 is 0 Å². The number of piperazine rings is 1. The first-order valence-corrected chi connectivity index (χ1v) is 9.59. The number of methoxy groups -OCH3 is 1. The molecule has 26 heavy (non-hydrogen) atoms. The van der Waals surface area contributed by atoms with Gasteiger partial charge < -0.3 is 14.5 Å². The zero-order chi connectivity index (χ0) is 18.5. The fourth-order valence-corrected chi connectivity index (χ4v) is 3.63. The Hall–Kier alpha value is -1.93. The average Bonchev–Trinajstić information content (AvgIpc) is 2.68. The maximum absolute atomic E-state index is 12.7. The molecule has 2 amide bonds. The molecule has 0 unspecified atom stereocenters. The van der Waals surface area contributed by atoms with Crippen LogP contribution in [-0.2, 0) is 11.3 Å². The lowest BCUT2D eigenvalue weighted by atomic mass is 10.1. The van der Waals surface area contributed by atoms with Gasteiger partial charge in [-0.2, -0.15) is 0 Å². The highest BCUT2D eigenvalue weighted by molar-refractivity contribution is 14.1. The van der Waals surface area contributed by atoms with Crippen molar-refractivity contribution in [1.29, 1.82) is 0 Å². The molecular formula is C20H21IN2O3. The summed E-state index contributed by atoms with van der Waals surface area (Å²) in [4.78, 5) is 29.0. The molecule has 0 atom stereocenters. The van der Waals surface area contributed by atoms with Gasteiger partial charge in [0.05, 0.1) is 12.2 Å². The molecule has 3 rings (SSSR count). The van der Waals surface area contributed by atoms with E-state index in [1.165, 1.54) is 0 Å². The van der Waals surface area contributed by atoms with E-state index in [1.807, 2.05) is 58.3 Å². The van der Waals surface area contributed by atoms with Crippen LogP contribution in [0.1, 0.15) is 26.3 Å². The van der Waals surface area contributed by atoms with Crippen LogP contribution in [0.4, 0.5) is 0 Å². The Balaban J connectivity index is 1.60. The summed E-state index contributed by atoms with van der Waals surface area (Å²) >= 11 is 2.18. The van der Waals surface area contributed by atoms with Crippen molar-refractivity contribution in [2.45, 2.75) is 6.61 Å². The lowest BCUT2D eigenvalue weighted by Crippen LogP contribution is -2.50. The normalized spacial score (nSPS) is 14.4. The van der Waals surface area contributed by atoms with Crippen molar-refractivity contribution in [2.24, 2.45) is 0 Å². The van der Waals surface area contributed by atoms with Gasteiger partial charge in [0.1, 0.15) is 0 Å². The SMILES string of the molecule is COCc1ccc(C(=O)N2CCN(C(=O)c3ccccc3I)CC2)cc1. The van der Waals surface area contributed by atoms with Gasteiger partial charge in [-0.3, -0.25) is 9.59 Å². The van der Waals surface area contributed by atoms with Crippen LogP contribution >= 0.6 is 22.6 Å². The van der Waals surface area contributed by atoms with Crippen LogP contribution in [0.5, 0.6) is 0 Å². The van der Waals surface area contributed by atoms with Crippen LogP contribution in [0.15, 0.2) is 48.5 Å². The summed E-state index contributed by atoms with van der Waals surface area (Å²) in [6.07, 6.45) is 0. The number of carbonyl (C=O) groups excluding carboxylic acids is 2. The molecule has 1 aliphatic rings. The Morgan fingerprint density at radius 3 is 2.08 bits per heavy atom. The summed E-state index contributed by atoms with van der Waals surface area (Å²) < 4.78 is 6.04. The molecule has 2 aromatic carbocycles. The van der Waals surface area contributed by atoms with E-state index >= 15 is 0 Å². The Morgan fingerprint density at radius 1 is 0.923 bits per heavy atom. The monoisotopic (exact) mass is 464 g/mol. The van der Waals surface area contributed by atoms with Gasteiger partial charge in [-0.05, 0) is 52.4 Å². The molecule has 2 aromatic rings. The third-order valence-electron chi connectivity index (χ3n) is 4.47. The van der Waals surface area contributed by atoms with Crippen molar-refractivity contribution in [1.82, 2.24) is 9.80 Å². The minimum Gasteiger partial charge on any atom is -0.380 e. The van der Waals surface area contributed by atoms with Crippen LogP contribution in [0.2, 0.25) is 0 Å². The van der Waals surface area contributed by atoms with Crippen LogP contribution < -0.4 is 0 Å². The van der Waals surface area contributed by atoms with E-state index in [9.17, 15) is 9.59 Å². The Bertz CT molecular complexity index is 784. The molecule has 1 aliphatic heterocycles. The highest BCUT2D eigenvalue weighted by Gasteiger charge is 2.26. The quantitative estimate of drug-likeness (QED) is 0.654. The first-order valence-electron chi connectivity index (χ1n) is 8.51. The maximum Gasteiger partial charge on any atom is 0.255 e. The predicted molar refractivity (Wildman–Crippen MR) is 108 cm³/mol. The summed E-state index contributed by atoms with van der Waals surface area (Å²) in [5.74, 6) is 0.0429. The van der Waals surface area contributed by atoms with Gasteiger partial charge in [-0.1, -0.05) is 24.3 Å². The Kier molecular flexibility index (Phi) is 6.26. The van der Waals surface area contributed by atoms with E-state index in [2.05, 4.69) is 22.6 Å². The average molecular weight is 464 g/mol. The summed E-state index contributed by atoms with van der Waals surface area (Å²) in [5, 5.41) is 0. The number of rotatable bonds is 4. The summed E-state index contributed by atoms with van der Waals surface area (Å²) in [5.41, 5.74) is 2.43. The van der Waals surface area contributed by atoms with E-state index in [0.717, 1.165) is 14.7 Å². The van der Waals surface area contributed by atoms with Crippen molar-refractivity contribution < 1.29 is 14.3 Å². The topological polar surface area (TPSA) is 49.9 Å². The molecular weight excluding hydrogens is 443 g/mol. The number of carbonyl (C=O) groups is 2. The van der Waals surface area contributed by atoms with E-state index in [1.54, 1.807) is 7.11 Å². The zero-order valence-corrected chi connectivity index (χ0v) is 16.8. The second-order valence-corrected chi connectivity index (χ2v) is 7.36. The van der Waals surface area contributed by atoms with Gasteiger partial charge in [0.2, 0.25) is 0 Å². The number of halogens is 1. The van der Waals surface area contributed by atoms with Crippen molar-refractivity contribution in [3.8, 4) is 0 Å². The third-order valence-corrected chi connectivity index (χ3v) is 5.41. The molecule has 1 heterocycles. The van der Waals surface area contributed by atoms with Crippen molar-refractivity contribution >= 4 is 34.4 Å². The van der Waals surface area contributed by atoms with Gasteiger partial charge in [0, 0.05) is 42.4 Å². The maximum atomic E-state index is 12.7. The molecule has 1 saturated heterocycles. The second kappa shape index (κ2) is 8.64. The second-order valence-electron chi connectivity index (χ2n) is 6.19. The number of ether oxygens (including phenoxy) is 1. The fraction of sp³-hybridized carbons (Fsp3) is 0.300. The lowest BCUT2D eigenvalue weighted by Gasteiger charge is -2.35. The standard InChI is InChI=1S/C20H21IN2O3/c1-26-14-15-6-8-16(9-7-15)19(24)22-10-12-23(13-11-22)20(25)17-4-2-3-5-18(17)21/h2-9H,10-14H2,1H3. The molecule has 0 aromatic heterocycles. The lowest BCUT2D eigenvalue weighted by molar-refractivity contribution is 0.0535. The first kappa shape index (κ1) is 18.8. The molecule has 0 aliphatic carbocycles. The summed E-state index contributed by atoms with van der Waals surface area (Å²) in [6.45, 7) is 2.74. The predicted octanol–water partition coefficient (Wildman–Crippen LogP) is 3.04. The highest BCUT2D eigenvalue weighted by atomic mass is 127. The fourth-order valence-electron chi connectivity index (χ4n) is 3.01. The molecule has 1 fully saturated rings. The van der Waals surface area contributed by atoms with Crippen LogP contribution in [-0.4, -0.2) is 54.9 Å². The number of hydrogen-bond acceptors (Lipinski definition) is 3. The van der Waals surface area contributed by atoms with E-state index in [4.69, 9.17) is 4.74 Å². The van der Waals surface area contributed by atoms with Crippen LogP contribution in [0.3, 0.4) is 0 Å². The van der Waals surface area contributed by atoms with Gasteiger partial charge in [0.15, 0.2) is 0 Å². The molecule has 5 nitrogen and oxygen atoms in total. The van der Waals surface area contributed by atoms with E-state index in [0.29, 0.717) is 38.3 Å². The van der Waals surface area contributed by atoms with Crippen LogP contribution in [0, 0.1) is 3.57 Å². The first-order chi connectivity index (χ1) is 12.6. The molecule has 136 valence electrons. The van der Waals surface area contributed by atoms with Crippen molar-refractivity contribution in [3.63, 3.8) is 0 Å². The smallest absolute Gasteiger partial charge is 0.255 e. The summed E-state index contributed by atoms with van der Waals surface area (Å²) in [7, 11) is 1.65. The van der Waals surface area contributed by atoms with Crippen molar-refractivity contribution in [2.75, 3.05) is 33.3 Å². The minimum atomic E-state index is 0.00959. The Morgan fingerprint density at radius 2 is 1.50 bits per heavy atom. The zero-order valence-electron chi connectivity index (χ0n) is 14.7. The molecule has 0 bridgehead atoms. The number of benzene rings is 2. The van der Waals surface area contributed by atoms with E-state index in [-0.39, 0.29) is 11.8 Å². The van der Waals surface area contributed by atoms with Gasteiger partial charge in [0.25, 0.3) is 11.8 Å². The molecule has 0 saturated carbocycles. The van der Waals surface area contributed by atoms with Gasteiger partial charge in [-0.25, -0.2) is 0 Å². The molecule has 6 heteroatoms. The number of hydrogen-bond donors (Lipinski definition) is 0. The summed E-state index contributed by atoms with van der Waals surface area (Å²) in [6, 6.07) is 15.1. The molecule has 0 radical (unpaired) electrons. The number of nitrogens with zero attached hydrogens (tertiary/aromatic N) is 2. The Labute approximate surface area is 167 Å². The third kappa shape index (κ3) is 4.24. The number of amides is 2.